The van der Waals surface area contributed by atoms with Gasteiger partial charge >= 0.3 is 0 Å². The van der Waals surface area contributed by atoms with Gasteiger partial charge in [-0.3, -0.25) is 4.79 Å². The van der Waals surface area contributed by atoms with Gasteiger partial charge in [0, 0.05) is 9.75 Å². The molecule has 0 saturated heterocycles. The second-order valence-corrected chi connectivity index (χ2v) is 5.81. The zero-order valence-corrected chi connectivity index (χ0v) is 10.8. The molecule has 2 heterocycles. The molecule has 2 aromatic rings. The minimum atomic E-state index is 0.0888. The summed E-state index contributed by atoms with van der Waals surface area (Å²) < 4.78 is 0. The Bertz CT molecular complexity index is 532. The van der Waals surface area contributed by atoms with Crippen LogP contribution in [-0.2, 0) is 0 Å². The quantitative estimate of drug-likeness (QED) is 0.584. The molecule has 82 valence electrons. The molecule has 0 amide bonds. The van der Waals surface area contributed by atoms with Crippen LogP contribution in [0.2, 0.25) is 0 Å². The summed E-state index contributed by atoms with van der Waals surface area (Å²) >= 11 is 3.20. The zero-order valence-electron chi connectivity index (χ0n) is 9.19. The molecule has 0 atom stereocenters. The van der Waals surface area contributed by atoms with Gasteiger partial charge in [-0.1, -0.05) is 0 Å². The van der Waals surface area contributed by atoms with E-state index < -0.39 is 0 Å². The SMILES string of the molecule is Cc1ccc(C(=O)/C=C/c2sccc2C)s1. The van der Waals surface area contributed by atoms with Crippen molar-refractivity contribution in [3.8, 4) is 0 Å². The van der Waals surface area contributed by atoms with Crippen molar-refractivity contribution in [1.29, 1.82) is 0 Å². The van der Waals surface area contributed by atoms with Crippen LogP contribution in [-0.4, -0.2) is 5.78 Å². The maximum Gasteiger partial charge on any atom is 0.195 e. The van der Waals surface area contributed by atoms with E-state index in [0.717, 1.165) is 9.75 Å². The lowest BCUT2D eigenvalue weighted by Gasteiger charge is -1.90. The summed E-state index contributed by atoms with van der Waals surface area (Å²) in [6.07, 6.45) is 3.56. The number of carbonyl (C=O) groups excluding carboxylic acids is 1. The monoisotopic (exact) mass is 248 g/mol. The molecule has 1 nitrogen and oxygen atoms in total. The fraction of sp³-hybridized carbons (Fsp3) is 0.154. The number of rotatable bonds is 3. The van der Waals surface area contributed by atoms with Crippen molar-refractivity contribution in [3.05, 3.63) is 49.9 Å². The Kier molecular flexibility index (Phi) is 3.36. The Morgan fingerprint density at radius 2 is 2.06 bits per heavy atom. The Hall–Kier alpha value is -1.19. The molecule has 0 bridgehead atoms. The molecule has 0 saturated carbocycles. The predicted octanol–water partition coefficient (Wildman–Crippen LogP) is 4.32. The zero-order chi connectivity index (χ0) is 11.5. The summed E-state index contributed by atoms with van der Waals surface area (Å²) in [7, 11) is 0. The van der Waals surface area contributed by atoms with Gasteiger partial charge in [-0.15, -0.1) is 22.7 Å². The summed E-state index contributed by atoms with van der Waals surface area (Å²) in [4.78, 5) is 14.9. The van der Waals surface area contributed by atoms with Crippen LogP contribution in [0.15, 0.2) is 29.7 Å². The molecule has 0 fully saturated rings. The first-order valence-electron chi connectivity index (χ1n) is 5.00. The fourth-order valence-corrected chi connectivity index (χ4v) is 2.96. The summed E-state index contributed by atoms with van der Waals surface area (Å²) in [5.41, 5.74) is 1.22. The Morgan fingerprint density at radius 1 is 1.25 bits per heavy atom. The number of allylic oxidation sites excluding steroid dienone is 1. The van der Waals surface area contributed by atoms with E-state index in [1.165, 1.54) is 21.8 Å². The van der Waals surface area contributed by atoms with Gasteiger partial charge in [0.15, 0.2) is 5.78 Å². The van der Waals surface area contributed by atoms with E-state index in [2.05, 4.69) is 13.0 Å². The van der Waals surface area contributed by atoms with Crippen molar-refractivity contribution in [2.45, 2.75) is 13.8 Å². The summed E-state index contributed by atoms with van der Waals surface area (Å²) in [5, 5.41) is 2.04. The minimum absolute atomic E-state index is 0.0888. The summed E-state index contributed by atoms with van der Waals surface area (Å²) in [6.45, 7) is 4.06. The van der Waals surface area contributed by atoms with Crippen LogP contribution in [0.1, 0.15) is 25.0 Å². The molecule has 0 spiro atoms. The second kappa shape index (κ2) is 4.76. The molecule has 2 rings (SSSR count). The number of thiophene rings is 2. The molecule has 0 radical (unpaired) electrons. The number of ketones is 1. The van der Waals surface area contributed by atoms with E-state index in [4.69, 9.17) is 0 Å². The van der Waals surface area contributed by atoms with Gasteiger partial charge in [-0.05, 0) is 55.1 Å². The fourth-order valence-electron chi connectivity index (χ4n) is 1.36. The third kappa shape index (κ3) is 2.49. The smallest absolute Gasteiger partial charge is 0.195 e. The molecular formula is C13H12OS2. The summed E-state index contributed by atoms with van der Waals surface area (Å²) in [6, 6.07) is 5.92. The van der Waals surface area contributed by atoms with Crippen molar-refractivity contribution < 1.29 is 4.79 Å². The van der Waals surface area contributed by atoms with Crippen molar-refractivity contribution >= 4 is 34.5 Å². The van der Waals surface area contributed by atoms with Crippen LogP contribution < -0.4 is 0 Å². The van der Waals surface area contributed by atoms with Crippen molar-refractivity contribution in [3.63, 3.8) is 0 Å². The molecule has 0 aliphatic rings. The molecule has 0 aromatic carbocycles. The molecule has 0 N–H and O–H groups in total. The van der Waals surface area contributed by atoms with Gasteiger partial charge in [0.25, 0.3) is 0 Å². The van der Waals surface area contributed by atoms with E-state index in [9.17, 15) is 4.79 Å². The van der Waals surface area contributed by atoms with Gasteiger partial charge in [0.05, 0.1) is 4.88 Å². The van der Waals surface area contributed by atoms with Gasteiger partial charge in [-0.2, -0.15) is 0 Å². The number of hydrogen-bond acceptors (Lipinski definition) is 3. The van der Waals surface area contributed by atoms with Crippen LogP contribution in [0.4, 0.5) is 0 Å². The average Bonchev–Trinajstić information content (AvgIpc) is 2.84. The largest absolute Gasteiger partial charge is 0.288 e. The normalized spacial score (nSPS) is 11.1. The van der Waals surface area contributed by atoms with E-state index in [1.807, 2.05) is 30.5 Å². The van der Waals surface area contributed by atoms with Crippen LogP contribution in [0.3, 0.4) is 0 Å². The minimum Gasteiger partial charge on any atom is -0.288 e. The Balaban J connectivity index is 2.14. The third-order valence-electron chi connectivity index (χ3n) is 2.27. The molecule has 2 aromatic heterocycles. The Morgan fingerprint density at radius 3 is 2.62 bits per heavy atom. The highest BCUT2D eigenvalue weighted by Crippen LogP contribution is 2.19. The molecule has 3 heteroatoms. The molecule has 16 heavy (non-hydrogen) atoms. The van der Waals surface area contributed by atoms with E-state index >= 15 is 0 Å². The first kappa shape index (κ1) is 11.3. The first-order valence-corrected chi connectivity index (χ1v) is 6.69. The standard InChI is InChI=1S/C13H12OS2/c1-9-7-8-15-12(9)6-4-11(14)13-5-3-10(2)16-13/h3-8H,1-2H3/b6-4+. The van der Waals surface area contributed by atoms with Crippen LogP contribution in [0, 0.1) is 13.8 Å². The topological polar surface area (TPSA) is 17.1 Å². The maximum atomic E-state index is 11.8. The van der Waals surface area contributed by atoms with Crippen molar-refractivity contribution in [1.82, 2.24) is 0 Å². The molecule has 0 aliphatic heterocycles. The Labute approximate surface area is 103 Å². The van der Waals surface area contributed by atoms with E-state index in [0.29, 0.717) is 0 Å². The highest BCUT2D eigenvalue weighted by atomic mass is 32.1. The highest BCUT2D eigenvalue weighted by Gasteiger charge is 2.04. The number of aryl methyl sites for hydroxylation is 2. The van der Waals surface area contributed by atoms with Crippen LogP contribution >= 0.6 is 22.7 Å². The highest BCUT2D eigenvalue weighted by molar-refractivity contribution is 7.14. The molecule has 0 unspecified atom stereocenters. The lowest BCUT2D eigenvalue weighted by Crippen LogP contribution is -1.88. The van der Waals surface area contributed by atoms with Gasteiger partial charge in [-0.25, -0.2) is 0 Å². The van der Waals surface area contributed by atoms with Crippen LogP contribution in [0.25, 0.3) is 6.08 Å². The lowest BCUT2D eigenvalue weighted by molar-refractivity contribution is 0.105. The number of hydrogen-bond donors (Lipinski definition) is 0. The first-order chi connectivity index (χ1) is 7.66. The lowest BCUT2D eigenvalue weighted by atomic mass is 10.2. The van der Waals surface area contributed by atoms with Gasteiger partial charge in [0.2, 0.25) is 0 Å². The second-order valence-electron chi connectivity index (χ2n) is 3.58. The number of carbonyl (C=O) groups is 1. The third-order valence-corrected chi connectivity index (χ3v) is 4.27. The maximum absolute atomic E-state index is 11.8. The van der Waals surface area contributed by atoms with Gasteiger partial charge in [0.1, 0.15) is 0 Å². The van der Waals surface area contributed by atoms with Crippen molar-refractivity contribution in [2.75, 3.05) is 0 Å². The summed E-state index contributed by atoms with van der Waals surface area (Å²) in [5.74, 6) is 0.0888. The predicted molar refractivity (Wildman–Crippen MR) is 71.5 cm³/mol. The van der Waals surface area contributed by atoms with E-state index in [-0.39, 0.29) is 5.78 Å². The van der Waals surface area contributed by atoms with Gasteiger partial charge < -0.3 is 0 Å². The average molecular weight is 248 g/mol. The van der Waals surface area contributed by atoms with E-state index in [1.54, 1.807) is 17.4 Å². The van der Waals surface area contributed by atoms with Crippen LogP contribution in [0.5, 0.6) is 0 Å². The molecular weight excluding hydrogens is 236 g/mol. The van der Waals surface area contributed by atoms with Crippen molar-refractivity contribution in [2.24, 2.45) is 0 Å². The molecule has 0 aliphatic carbocycles.